The Morgan fingerprint density at radius 2 is 1.77 bits per heavy atom. The van der Waals surface area contributed by atoms with E-state index in [1.165, 1.54) is 4.68 Å². The fourth-order valence-electron chi connectivity index (χ4n) is 3.08. The summed E-state index contributed by atoms with van der Waals surface area (Å²) in [4.78, 5) is 36.9. The van der Waals surface area contributed by atoms with Crippen LogP contribution in [0.25, 0.3) is 11.3 Å². The molecule has 3 aromatic rings. The van der Waals surface area contributed by atoms with Gasteiger partial charge in [-0.1, -0.05) is 42.5 Å². The quantitative estimate of drug-likeness (QED) is 0.550. The molecule has 0 aliphatic carbocycles. The minimum atomic E-state index is -1.11. The van der Waals surface area contributed by atoms with Crippen molar-refractivity contribution in [3.63, 3.8) is 0 Å². The molecule has 1 heterocycles. The highest BCUT2D eigenvalue weighted by Gasteiger charge is 2.27. The Morgan fingerprint density at radius 3 is 2.37 bits per heavy atom. The zero-order valence-corrected chi connectivity index (χ0v) is 16.7. The number of rotatable bonds is 8. The van der Waals surface area contributed by atoms with Crippen LogP contribution >= 0.6 is 0 Å². The van der Waals surface area contributed by atoms with Crippen LogP contribution in [-0.2, 0) is 23.1 Å². The van der Waals surface area contributed by atoms with Crippen molar-refractivity contribution in [3.8, 4) is 17.0 Å². The Labute approximate surface area is 173 Å². The molecule has 0 saturated carbocycles. The first kappa shape index (κ1) is 20.8. The largest absolute Gasteiger partial charge is 0.497 e. The summed E-state index contributed by atoms with van der Waals surface area (Å²) in [6.07, 6.45) is 1.68. The lowest BCUT2D eigenvalue weighted by molar-refractivity contribution is -0.137. The number of ketones is 1. The van der Waals surface area contributed by atoms with Gasteiger partial charge < -0.3 is 15.8 Å². The first-order chi connectivity index (χ1) is 14.4. The second-order valence-corrected chi connectivity index (χ2v) is 6.74. The lowest BCUT2D eigenvalue weighted by Crippen LogP contribution is -2.47. The number of nitrogens with zero attached hydrogens (tertiary/aromatic N) is 2. The summed E-state index contributed by atoms with van der Waals surface area (Å²) in [6.45, 7) is 0. The SMILES string of the molecule is COc1ccc(CC(NC(=O)c2cn(C)nc2-c2ccccc2)C(=O)C(N)=O)cc1. The van der Waals surface area contributed by atoms with Crippen molar-refractivity contribution in [2.45, 2.75) is 12.5 Å². The standard InChI is InChI=1S/C22H22N4O4/c1-26-13-17(19(25-26)15-6-4-3-5-7-15)22(29)24-18(20(27)21(23)28)12-14-8-10-16(30-2)11-9-14/h3-11,13,18H,12H2,1-2H3,(H2,23,28)(H,24,29). The van der Waals surface area contributed by atoms with Gasteiger partial charge in [-0.25, -0.2) is 0 Å². The van der Waals surface area contributed by atoms with Crippen LogP contribution in [0, 0.1) is 0 Å². The molecule has 0 radical (unpaired) electrons. The molecular weight excluding hydrogens is 384 g/mol. The van der Waals surface area contributed by atoms with E-state index in [9.17, 15) is 14.4 Å². The van der Waals surface area contributed by atoms with Gasteiger partial charge in [-0.3, -0.25) is 19.1 Å². The van der Waals surface area contributed by atoms with E-state index in [1.54, 1.807) is 44.6 Å². The molecule has 1 unspecified atom stereocenters. The number of Topliss-reactive ketones (excluding diaryl/α,β-unsaturated/α-hetero) is 1. The topological polar surface area (TPSA) is 116 Å². The van der Waals surface area contributed by atoms with Crippen molar-refractivity contribution in [3.05, 3.63) is 71.9 Å². The number of ether oxygens (including phenoxy) is 1. The maximum atomic E-state index is 13.0. The molecule has 0 fully saturated rings. The third-order valence-corrected chi connectivity index (χ3v) is 4.58. The van der Waals surface area contributed by atoms with Gasteiger partial charge in [0, 0.05) is 25.2 Å². The van der Waals surface area contributed by atoms with Crippen molar-refractivity contribution in [1.82, 2.24) is 15.1 Å². The van der Waals surface area contributed by atoms with Crippen molar-refractivity contribution in [1.29, 1.82) is 0 Å². The molecule has 0 saturated heterocycles. The summed E-state index contributed by atoms with van der Waals surface area (Å²) >= 11 is 0. The second kappa shape index (κ2) is 9.04. The Balaban J connectivity index is 1.86. The number of primary amides is 1. The van der Waals surface area contributed by atoms with Gasteiger partial charge in [-0.15, -0.1) is 0 Å². The van der Waals surface area contributed by atoms with E-state index in [1.807, 2.05) is 30.3 Å². The minimum absolute atomic E-state index is 0.110. The van der Waals surface area contributed by atoms with Gasteiger partial charge in [0.15, 0.2) is 0 Å². The van der Waals surface area contributed by atoms with Crippen molar-refractivity contribution in [2.24, 2.45) is 12.8 Å². The number of hydrogen-bond acceptors (Lipinski definition) is 5. The minimum Gasteiger partial charge on any atom is -0.497 e. The number of nitrogens with one attached hydrogen (secondary N) is 1. The monoisotopic (exact) mass is 406 g/mol. The average molecular weight is 406 g/mol. The molecule has 30 heavy (non-hydrogen) atoms. The average Bonchev–Trinajstić information content (AvgIpc) is 3.15. The number of carbonyl (C=O) groups is 3. The summed E-state index contributed by atoms with van der Waals surface area (Å²) in [7, 11) is 3.25. The van der Waals surface area contributed by atoms with Crippen LogP contribution in [0.4, 0.5) is 0 Å². The molecule has 8 heteroatoms. The summed E-state index contributed by atoms with van der Waals surface area (Å²) in [5, 5.41) is 7.00. The molecule has 0 aliphatic rings. The van der Waals surface area contributed by atoms with E-state index in [2.05, 4.69) is 10.4 Å². The van der Waals surface area contributed by atoms with Gasteiger partial charge in [-0.2, -0.15) is 5.10 Å². The smallest absolute Gasteiger partial charge is 0.287 e. The highest BCUT2D eigenvalue weighted by molar-refractivity contribution is 6.38. The lowest BCUT2D eigenvalue weighted by Gasteiger charge is -2.16. The van der Waals surface area contributed by atoms with Crippen LogP contribution in [0.3, 0.4) is 0 Å². The first-order valence-electron chi connectivity index (χ1n) is 9.25. The predicted molar refractivity (Wildman–Crippen MR) is 111 cm³/mol. The lowest BCUT2D eigenvalue weighted by atomic mass is 10.0. The third kappa shape index (κ3) is 4.72. The van der Waals surface area contributed by atoms with Crippen molar-refractivity contribution < 1.29 is 19.1 Å². The number of aromatic nitrogens is 2. The number of amides is 2. The number of hydrogen-bond donors (Lipinski definition) is 2. The summed E-state index contributed by atoms with van der Waals surface area (Å²) < 4.78 is 6.64. The van der Waals surface area contributed by atoms with Crippen molar-refractivity contribution >= 4 is 17.6 Å². The molecule has 0 spiro atoms. The fourth-order valence-corrected chi connectivity index (χ4v) is 3.08. The maximum Gasteiger partial charge on any atom is 0.287 e. The van der Waals surface area contributed by atoms with Gasteiger partial charge in [0.1, 0.15) is 17.5 Å². The first-order valence-corrected chi connectivity index (χ1v) is 9.25. The van der Waals surface area contributed by atoms with E-state index in [0.717, 1.165) is 11.1 Å². The molecule has 3 N–H and O–H groups in total. The number of nitrogens with two attached hydrogens (primary N) is 1. The molecule has 0 bridgehead atoms. The number of aryl methyl sites for hydroxylation is 1. The van der Waals surface area contributed by atoms with Gasteiger partial charge in [0.2, 0.25) is 5.78 Å². The summed E-state index contributed by atoms with van der Waals surface area (Å²) in [5.74, 6) is -1.84. The Bertz CT molecular complexity index is 1060. The second-order valence-electron chi connectivity index (χ2n) is 6.74. The Morgan fingerprint density at radius 1 is 1.10 bits per heavy atom. The molecule has 1 atom stereocenters. The van der Waals surface area contributed by atoms with Gasteiger partial charge in [-0.05, 0) is 17.7 Å². The van der Waals surface area contributed by atoms with Crippen LogP contribution < -0.4 is 15.8 Å². The molecule has 1 aromatic heterocycles. The molecule has 0 aliphatic heterocycles. The van der Waals surface area contributed by atoms with E-state index >= 15 is 0 Å². The maximum absolute atomic E-state index is 13.0. The molecule has 8 nitrogen and oxygen atoms in total. The van der Waals surface area contributed by atoms with Crippen LogP contribution in [0.5, 0.6) is 5.75 Å². The number of methoxy groups -OCH3 is 1. The fraction of sp³-hybridized carbons (Fsp3) is 0.182. The predicted octanol–water partition coefficient (Wildman–Crippen LogP) is 1.49. The number of benzene rings is 2. The highest BCUT2D eigenvalue weighted by atomic mass is 16.5. The van der Waals surface area contributed by atoms with E-state index < -0.39 is 23.6 Å². The van der Waals surface area contributed by atoms with Gasteiger partial charge in [0.05, 0.1) is 12.7 Å². The molecule has 2 amide bonds. The van der Waals surface area contributed by atoms with E-state index in [-0.39, 0.29) is 6.42 Å². The summed E-state index contributed by atoms with van der Waals surface area (Å²) in [6, 6.07) is 15.1. The zero-order valence-electron chi connectivity index (χ0n) is 16.7. The Hall–Kier alpha value is -3.94. The third-order valence-electron chi connectivity index (χ3n) is 4.58. The van der Waals surface area contributed by atoms with Crippen molar-refractivity contribution in [2.75, 3.05) is 7.11 Å². The van der Waals surface area contributed by atoms with E-state index in [0.29, 0.717) is 17.0 Å². The van der Waals surface area contributed by atoms with Crippen LogP contribution in [-0.4, -0.2) is 40.5 Å². The normalized spacial score (nSPS) is 11.5. The van der Waals surface area contributed by atoms with Crippen LogP contribution in [0.1, 0.15) is 15.9 Å². The molecule has 3 rings (SSSR count). The van der Waals surface area contributed by atoms with Gasteiger partial charge in [0.25, 0.3) is 11.8 Å². The number of carbonyl (C=O) groups excluding carboxylic acids is 3. The summed E-state index contributed by atoms with van der Waals surface area (Å²) in [5.41, 5.74) is 7.47. The van der Waals surface area contributed by atoms with Crippen LogP contribution in [0.15, 0.2) is 60.8 Å². The van der Waals surface area contributed by atoms with Crippen LogP contribution in [0.2, 0.25) is 0 Å². The van der Waals surface area contributed by atoms with Gasteiger partial charge >= 0.3 is 0 Å². The molecule has 2 aromatic carbocycles. The zero-order chi connectivity index (χ0) is 21.7. The Kier molecular flexibility index (Phi) is 6.26. The van der Waals surface area contributed by atoms with E-state index in [4.69, 9.17) is 10.5 Å². The highest BCUT2D eigenvalue weighted by Crippen LogP contribution is 2.22. The molecular formula is C22H22N4O4. The molecule has 154 valence electrons.